The quantitative estimate of drug-likeness (QED) is 0.245. The van der Waals surface area contributed by atoms with E-state index in [1.807, 2.05) is 20.8 Å². The fourth-order valence-corrected chi connectivity index (χ4v) is 7.12. The van der Waals surface area contributed by atoms with Crippen molar-refractivity contribution in [2.24, 2.45) is 17.8 Å². The molecule has 14 heteroatoms. The van der Waals surface area contributed by atoms with Crippen LogP contribution < -0.4 is 0 Å². The van der Waals surface area contributed by atoms with E-state index >= 15 is 0 Å². The Morgan fingerprint density at radius 1 is 0.837 bits per heavy atom. The number of hydrogen-bond donors (Lipinski definition) is 3. The lowest BCUT2D eigenvalue weighted by molar-refractivity contribution is -0.305. The van der Waals surface area contributed by atoms with Gasteiger partial charge in [-0.05, 0) is 52.2 Å². The summed E-state index contributed by atoms with van der Waals surface area (Å²) in [7, 11) is 4.46. The van der Waals surface area contributed by atoms with Crippen molar-refractivity contribution in [2.45, 2.75) is 140 Å². The summed E-state index contributed by atoms with van der Waals surface area (Å²) in [5, 5.41) is 32.8. The van der Waals surface area contributed by atoms with Gasteiger partial charge in [0, 0.05) is 45.7 Å². The third-order valence-corrected chi connectivity index (χ3v) is 10.1. The van der Waals surface area contributed by atoms with Gasteiger partial charge in [-0.25, -0.2) is 4.79 Å². The van der Waals surface area contributed by atoms with E-state index in [4.69, 9.17) is 42.6 Å². The van der Waals surface area contributed by atoms with Crippen molar-refractivity contribution in [3.63, 3.8) is 0 Å². The third kappa shape index (κ3) is 9.74. The maximum Gasteiger partial charge on any atom is 0.330 e. The number of carbonyl (C=O) groups is 2. The van der Waals surface area contributed by atoms with Gasteiger partial charge in [-0.2, -0.15) is 0 Å². The van der Waals surface area contributed by atoms with Crippen molar-refractivity contribution >= 4 is 11.8 Å². The molecule has 0 aliphatic carbocycles. The third-order valence-electron chi connectivity index (χ3n) is 10.1. The van der Waals surface area contributed by atoms with Gasteiger partial charge in [0.15, 0.2) is 18.4 Å². The number of aliphatic hydroxyl groups is 3. The Bertz CT molecular complexity index is 1160. The maximum absolute atomic E-state index is 13.3. The molecule has 3 N–H and O–H groups in total. The minimum atomic E-state index is -1.75. The van der Waals surface area contributed by atoms with Crippen LogP contribution in [0.25, 0.3) is 0 Å². The Hall–Kier alpha value is -1.82. The second kappa shape index (κ2) is 17.1. The number of rotatable bonds is 8. The Morgan fingerprint density at radius 3 is 2.18 bits per heavy atom. The fraction of sp³-hybridized carbons (Fsp3) is 0.829. The number of aliphatic hydroxyl groups excluding tert-OH is 2. The molecule has 3 saturated heterocycles. The number of epoxide rings is 1. The topological polar surface area (TPSA) is 181 Å². The zero-order valence-corrected chi connectivity index (χ0v) is 30.0. The predicted octanol–water partition coefficient (Wildman–Crippen LogP) is 1.46. The first kappa shape index (κ1) is 40.0. The summed E-state index contributed by atoms with van der Waals surface area (Å²) in [6, 6.07) is 0. The summed E-state index contributed by atoms with van der Waals surface area (Å²) in [4.78, 5) is 26.5. The molecule has 4 heterocycles. The summed E-state index contributed by atoms with van der Waals surface area (Å²) in [5.41, 5.74) is -1.75. The van der Waals surface area contributed by atoms with Gasteiger partial charge in [0.25, 0.3) is 0 Å². The molecule has 0 aromatic rings. The summed E-state index contributed by atoms with van der Waals surface area (Å²) >= 11 is 0. The molecule has 0 bridgehead atoms. The number of cyclic esters (lactones) is 1. The molecular formula is C35H56O14. The molecule has 280 valence electrons. The van der Waals surface area contributed by atoms with Crippen LogP contribution in [0.2, 0.25) is 0 Å². The second-order valence-corrected chi connectivity index (χ2v) is 14.1. The van der Waals surface area contributed by atoms with Crippen LogP contribution in [0.15, 0.2) is 24.3 Å². The first-order valence-corrected chi connectivity index (χ1v) is 17.1. The number of esters is 1. The van der Waals surface area contributed by atoms with Crippen molar-refractivity contribution in [3.8, 4) is 0 Å². The molecule has 4 aliphatic heterocycles. The summed E-state index contributed by atoms with van der Waals surface area (Å²) < 4.78 is 52.6. The van der Waals surface area contributed by atoms with Crippen LogP contribution in [-0.2, 0) is 52.2 Å². The molecule has 49 heavy (non-hydrogen) atoms. The highest BCUT2D eigenvalue weighted by Crippen LogP contribution is 2.37. The average Bonchev–Trinajstić information content (AvgIpc) is 3.82. The normalized spacial score (nSPS) is 48.3. The van der Waals surface area contributed by atoms with Crippen LogP contribution in [0.5, 0.6) is 0 Å². The van der Waals surface area contributed by atoms with E-state index in [-0.39, 0.29) is 19.1 Å². The van der Waals surface area contributed by atoms with E-state index in [0.29, 0.717) is 6.42 Å². The molecule has 0 saturated carbocycles. The highest BCUT2D eigenvalue weighted by atomic mass is 16.7. The van der Waals surface area contributed by atoms with E-state index in [1.165, 1.54) is 40.4 Å². The van der Waals surface area contributed by atoms with Crippen LogP contribution in [0.3, 0.4) is 0 Å². The molecule has 0 radical (unpaired) electrons. The van der Waals surface area contributed by atoms with Gasteiger partial charge in [-0.3, -0.25) is 4.79 Å². The summed E-state index contributed by atoms with van der Waals surface area (Å²) in [6.07, 6.45) is -2.67. The smallest absolute Gasteiger partial charge is 0.330 e. The van der Waals surface area contributed by atoms with Gasteiger partial charge >= 0.3 is 5.97 Å². The Balaban J connectivity index is 1.56. The lowest BCUT2D eigenvalue weighted by atomic mass is 9.82. The van der Waals surface area contributed by atoms with Crippen molar-refractivity contribution in [1.82, 2.24) is 0 Å². The first-order chi connectivity index (χ1) is 23.1. The van der Waals surface area contributed by atoms with Crippen molar-refractivity contribution < 1.29 is 67.5 Å². The van der Waals surface area contributed by atoms with Crippen LogP contribution >= 0.6 is 0 Å². The molecule has 4 aliphatic rings. The molecule has 0 amide bonds. The van der Waals surface area contributed by atoms with Crippen LogP contribution in [-0.4, -0.2) is 140 Å². The average molecular weight is 701 g/mol. The Kier molecular flexibility index (Phi) is 14.0. The molecule has 0 aromatic carbocycles. The summed E-state index contributed by atoms with van der Waals surface area (Å²) in [5.74, 6) is -2.45. The standard InChI is InChI=1S/C35H56O14/c1-17-10-13-26(37)46-20(4)22(16-44-34-32(43-9)31(42-8)27(38)21(5)47-34)30-23(48-30)11-12-25(36)35(6,40)15-18(2)29(17)49-33-28(39)24(41-7)14-19(3)45-33/h10-13,17-24,27-34,38-40H,14-16H2,1-9H3/b12-11+,13-10+/t17-,18-,19+,20+,21+,22+,23-,24-,27+,28+,29+,30-,31+,32+,33-,34+,35-/m0/s1. The van der Waals surface area contributed by atoms with Gasteiger partial charge in [0.2, 0.25) is 0 Å². The number of ketones is 1. The van der Waals surface area contributed by atoms with Crippen molar-refractivity contribution in [3.05, 3.63) is 24.3 Å². The Morgan fingerprint density at radius 2 is 1.53 bits per heavy atom. The zero-order chi connectivity index (χ0) is 36.2. The van der Waals surface area contributed by atoms with Gasteiger partial charge < -0.3 is 58.0 Å². The highest BCUT2D eigenvalue weighted by Gasteiger charge is 2.50. The molecule has 3 fully saturated rings. The molecule has 14 nitrogen and oxygen atoms in total. The second-order valence-electron chi connectivity index (χ2n) is 14.1. The van der Waals surface area contributed by atoms with Crippen LogP contribution in [0, 0.1) is 17.8 Å². The van der Waals surface area contributed by atoms with Crippen molar-refractivity contribution in [1.29, 1.82) is 0 Å². The number of ether oxygens (including phenoxy) is 9. The minimum absolute atomic E-state index is 0.0234. The number of methoxy groups -OCH3 is 3. The van der Waals surface area contributed by atoms with E-state index < -0.39 is 109 Å². The lowest BCUT2D eigenvalue weighted by Crippen LogP contribution is -2.59. The largest absolute Gasteiger partial charge is 0.459 e. The number of fused-ring (bicyclic) bond motifs is 1. The molecular weight excluding hydrogens is 644 g/mol. The molecule has 4 rings (SSSR count). The highest BCUT2D eigenvalue weighted by molar-refractivity contribution is 5.96. The SMILES string of the molecule is CO[C@@H]1[C@H](O)[C@@H](C)O[C@@H](OC[C@H]2[C@@H]3O[C@H]3/C=C/C(=O)[C@@](C)(O)C[C@H](C)[C@H](O[C@@H]3O[C@H](C)C[C@H](OC)[C@H]3O)[C@@H](C)/C=C/C(=O)O[C@@H]2C)[C@@H]1OC. The summed E-state index contributed by atoms with van der Waals surface area (Å²) in [6.45, 7) is 10.4. The first-order valence-electron chi connectivity index (χ1n) is 17.1. The lowest BCUT2D eigenvalue weighted by Gasteiger charge is -2.42. The Labute approximate surface area is 288 Å². The van der Waals surface area contributed by atoms with E-state index in [9.17, 15) is 24.9 Å². The van der Waals surface area contributed by atoms with Gasteiger partial charge in [-0.1, -0.05) is 19.9 Å². The number of carbonyl (C=O) groups excluding carboxylic acids is 2. The van der Waals surface area contributed by atoms with Gasteiger partial charge in [-0.15, -0.1) is 0 Å². The van der Waals surface area contributed by atoms with Crippen LogP contribution in [0.1, 0.15) is 54.4 Å². The fourth-order valence-electron chi connectivity index (χ4n) is 7.12. The van der Waals surface area contributed by atoms with Gasteiger partial charge in [0.1, 0.15) is 42.2 Å². The molecule has 17 atom stereocenters. The zero-order valence-electron chi connectivity index (χ0n) is 30.0. The monoisotopic (exact) mass is 700 g/mol. The molecule has 0 spiro atoms. The van der Waals surface area contributed by atoms with E-state index in [1.54, 1.807) is 26.0 Å². The molecule has 0 unspecified atom stereocenters. The molecule has 0 aromatic heterocycles. The minimum Gasteiger partial charge on any atom is -0.459 e. The number of hydrogen-bond acceptors (Lipinski definition) is 14. The van der Waals surface area contributed by atoms with E-state index in [0.717, 1.165) is 0 Å². The van der Waals surface area contributed by atoms with Crippen molar-refractivity contribution in [2.75, 3.05) is 27.9 Å². The van der Waals surface area contributed by atoms with Crippen LogP contribution in [0.4, 0.5) is 0 Å². The maximum atomic E-state index is 13.3. The van der Waals surface area contributed by atoms with Gasteiger partial charge in [0.05, 0.1) is 37.1 Å². The predicted molar refractivity (Wildman–Crippen MR) is 173 cm³/mol. The van der Waals surface area contributed by atoms with E-state index in [2.05, 4.69) is 0 Å².